The van der Waals surface area contributed by atoms with Gasteiger partial charge in [0.25, 0.3) is 0 Å². The predicted molar refractivity (Wildman–Crippen MR) is 52.5 cm³/mol. The van der Waals surface area contributed by atoms with Gasteiger partial charge in [-0.2, -0.15) is 0 Å². The summed E-state index contributed by atoms with van der Waals surface area (Å²) in [5.41, 5.74) is 2.23. The topological polar surface area (TPSA) is 12.0 Å². The van der Waals surface area contributed by atoms with Crippen molar-refractivity contribution in [1.29, 1.82) is 0 Å². The van der Waals surface area contributed by atoms with Gasteiger partial charge in [0, 0.05) is 12.2 Å². The molecular weight excluding hydrogens is 165 g/mol. The summed E-state index contributed by atoms with van der Waals surface area (Å²) in [5.74, 6) is 0.343. The molecule has 1 aliphatic heterocycles. The van der Waals surface area contributed by atoms with Crippen LogP contribution in [-0.4, -0.2) is 6.54 Å². The number of nitrogens with one attached hydrogen (secondary N) is 1. The van der Waals surface area contributed by atoms with E-state index >= 15 is 0 Å². The van der Waals surface area contributed by atoms with Gasteiger partial charge in [-0.25, -0.2) is 4.39 Å². The molecule has 1 nitrogen and oxygen atoms in total. The second kappa shape index (κ2) is 3.36. The van der Waals surface area contributed by atoms with Crippen molar-refractivity contribution in [3.63, 3.8) is 0 Å². The molecule has 0 radical (unpaired) electrons. The Balaban J connectivity index is 2.43. The molecule has 1 aromatic rings. The molecule has 2 rings (SSSR count). The number of anilines is 1. The molecule has 1 heterocycles. The van der Waals surface area contributed by atoms with Crippen molar-refractivity contribution in [3.05, 3.63) is 29.6 Å². The monoisotopic (exact) mass is 179 g/mol. The van der Waals surface area contributed by atoms with E-state index in [-0.39, 0.29) is 5.82 Å². The van der Waals surface area contributed by atoms with Crippen molar-refractivity contribution in [2.24, 2.45) is 0 Å². The van der Waals surface area contributed by atoms with E-state index < -0.39 is 0 Å². The molecule has 1 aliphatic rings. The second-order valence-electron chi connectivity index (χ2n) is 3.70. The summed E-state index contributed by atoms with van der Waals surface area (Å²) in [4.78, 5) is 0. The smallest absolute Gasteiger partial charge is 0.123 e. The average Bonchev–Trinajstić information content (AvgIpc) is 2.29. The molecule has 1 unspecified atom stereocenters. The zero-order valence-electron chi connectivity index (χ0n) is 7.81. The summed E-state index contributed by atoms with van der Waals surface area (Å²) in [6, 6.07) is 5.01. The fraction of sp³-hybridized carbons (Fsp3) is 0.455. The number of fused-ring (bicyclic) bond motifs is 1. The zero-order valence-corrected chi connectivity index (χ0v) is 7.81. The van der Waals surface area contributed by atoms with Gasteiger partial charge in [-0.1, -0.05) is 6.92 Å². The van der Waals surface area contributed by atoms with E-state index in [2.05, 4.69) is 12.2 Å². The first kappa shape index (κ1) is 8.54. The van der Waals surface area contributed by atoms with Gasteiger partial charge < -0.3 is 5.32 Å². The Morgan fingerprint density at radius 3 is 3.15 bits per heavy atom. The lowest BCUT2D eigenvalue weighted by Gasteiger charge is -2.11. The number of benzene rings is 1. The van der Waals surface area contributed by atoms with Crippen molar-refractivity contribution in [3.8, 4) is 0 Å². The molecule has 0 spiro atoms. The van der Waals surface area contributed by atoms with Crippen LogP contribution in [0.1, 0.15) is 31.2 Å². The largest absolute Gasteiger partial charge is 0.385 e. The fourth-order valence-electron chi connectivity index (χ4n) is 1.89. The van der Waals surface area contributed by atoms with Gasteiger partial charge in [0.1, 0.15) is 5.82 Å². The average molecular weight is 179 g/mol. The lowest BCUT2D eigenvalue weighted by Crippen LogP contribution is -1.99. The third kappa shape index (κ3) is 1.67. The Kier molecular flexibility index (Phi) is 2.21. The molecule has 2 heteroatoms. The molecule has 70 valence electrons. The maximum atomic E-state index is 13.0. The van der Waals surface area contributed by atoms with E-state index in [4.69, 9.17) is 0 Å². The summed E-state index contributed by atoms with van der Waals surface area (Å²) >= 11 is 0. The first-order valence-electron chi connectivity index (χ1n) is 4.80. The number of hydrogen-bond donors (Lipinski definition) is 1. The standard InChI is InChI=1S/C11H14FN/c1-8-3-2-6-13-11-5-4-9(12)7-10(8)11/h4-5,7-8,13H,2-3,6H2,1H3. The van der Waals surface area contributed by atoms with E-state index in [0.717, 1.165) is 30.6 Å². The van der Waals surface area contributed by atoms with Crippen molar-refractivity contribution < 1.29 is 4.39 Å². The van der Waals surface area contributed by atoms with Crippen LogP contribution in [-0.2, 0) is 0 Å². The Morgan fingerprint density at radius 2 is 2.31 bits per heavy atom. The first-order chi connectivity index (χ1) is 6.27. The normalized spacial score (nSPS) is 21.5. The van der Waals surface area contributed by atoms with Gasteiger partial charge in [0.05, 0.1) is 0 Å². The lowest BCUT2D eigenvalue weighted by atomic mass is 9.96. The Morgan fingerprint density at radius 1 is 1.46 bits per heavy atom. The molecule has 0 saturated carbocycles. The minimum absolute atomic E-state index is 0.130. The quantitative estimate of drug-likeness (QED) is 0.645. The highest BCUT2D eigenvalue weighted by molar-refractivity contribution is 5.53. The Labute approximate surface area is 78.0 Å². The summed E-state index contributed by atoms with van der Waals surface area (Å²) in [7, 11) is 0. The van der Waals surface area contributed by atoms with Gasteiger partial charge in [0.2, 0.25) is 0 Å². The fourth-order valence-corrected chi connectivity index (χ4v) is 1.89. The van der Waals surface area contributed by atoms with E-state index in [1.807, 2.05) is 6.07 Å². The maximum Gasteiger partial charge on any atom is 0.123 e. The summed E-state index contributed by atoms with van der Waals surface area (Å²) in [6.45, 7) is 3.16. The zero-order chi connectivity index (χ0) is 9.26. The van der Waals surface area contributed by atoms with Crippen LogP contribution in [0.4, 0.5) is 10.1 Å². The minimum atomic E-state index is -0.130. The highest BCUT2D eigenvalue weighted by Gasteiger charge is 2.14. The summed E-state index contributed by atoms with van der Waals surface area (Å²) in [5, 5.41) is 3.32. The third-order valence-electron chi connectivity index (χ3n) is 2.67. The first-order valence-corrected chi connectivity index (χ1v) is 4.80. The van der Waals surface area contributed by atoms with E-state index in [0.29, 0.717) is 5.92 Å². The van der Waals surface area contributed by atoms with E-state index in [9.17, 15) is 4.39 Å². The highest BCUT2D eigenvalue weighted by Crippen LogP contribution is 2.30. The molecule has 0 saturated heterocycles. The van der Waals surface area contributed by atoms with Gasteiger partial charge in [-0.3, -0.25) is 0 Å². The molecule has 1 aromatic carbocycles. The summed E-state index contributed by atoms with van der Waals surface area (Å²) < 4.78 is 13.0. The van der Waals surface area contributed by atoms with Crippen LogP contribution in [0, 0.1) is 5.82 Å². The lowest BCUT2D eigenvalue weighted by molar-refractivity contribution is 0.616. The van der Waals surface area contributed by atoms with Crippen LogP contribution < -0.4 is 5.32 Å². The number of hydrogen-bond acceptors (Lipinski definition) is 1. The van der Waals surface area contributed by atoms with Crippen LogP contribution >= 0.6 is 0 Å². The minimum Gasteiger partial charge on any atom is -0.385 e. The molecule has 0 aliphatic carbocycles. The van der Waals surface area contributed by atoms with E-state index in [1.165, 1.54) is 6.07 Å². The van der Waals surface area contributed by atoms with Crippen molar-refractivity contribution in [1.82, 2.24) is 0 Å². The number of rotatable bonds is 0. The maximum absolute atomic E-state index is 13.0. The molecule has 0 aromatic heterocycles. The van der Waals surface area contributed by atoms with Crippen LogP contribution in [0.2, 0.25) is 0 Å². The van der Waals surface area contributed by atoms with Gasteiger partial charge in [-0.15, -0.1) is 0 Å². The van der Waals surface area contributed by atoms with Crippen LogP contribution in [0.25, 0.3) is 0 Å². The van der Waals surface area contributed by atoms with E-state index in [1.54, 1.807) is 6.07 Å². The molecule has 1 N–H and O–H groups in total. The summed E-state index contributed by atoms with van der Waals surface area (Å²) in [6.07, 6.45) is 2.31. The van der Waals surface area contributed by atoms with Crippen molar-refractivity contribution in [2.75, 3.05) is 11.9 Å². The third-order valence-corrected chi connectivity index (χ3v) is 2.67. The van der Waals surface area contributed by atoms with Crippen molar-refractivity contribution in [2.45, 2.75) is 25.7 Å². The molecule has 0 fully saturated rings. The predicted octanol–water partition coefficient (Wildman–Crippen LogP) is 3.13. The van der Waals surface area contributed by atoms with Gasteiger partial charge in [0.15, 0.2) is 0 Å². The molecule has 13 heavy (non-hydrogen) atoms. The van der Waals surface area contributed by atoms with Crippen LogP contribution in [0.3, 0.4) is 0 Å². The van der Waals surface area contributed by atoms with Crippen molar-refractivity contribution >= 4 is 5.69 Å². The molecule has 0 amide bonds. The van der Waals surface area contributed by atoms with Gasteiger partial charge >= 0.3 is 0 Å². The molecule has 0 bridgehead atoms. The number of halogens is 1. The highest BCUT2D eigenvalue weighted by atomic mass is 19.1. The second-order valence-corrected chi connectivity index (χ2v) is 3.70. The molecular formula is C11H14FN. The van der Waals surface area contributed by atoms with Crippen LogP contribution in [0.5, 0.6) is 0 Å². The Bertz CT molecular complexity index is 309. The molecule has 1 atom stereocenters. The van der Waals surface area contributed by atoms with Gasteiger partial charge in [-0.05, 0) is 42.5 Å². The van der Waals surface area contributed by atoms with Crippen LogP contribution in [0.15, 0.2) is 18.2 Å². The Hall–Kier alpha value is -1.05. The SMILES string of the molecule is CC1CCCNc2ccc(F)cc21.